The van der Waals surface area contributed by atoms with Crippen LogP contribution in [0.25, 0.3) is 0 Å². The van der Waals surface area contributed by atoms with Crippen LogP contribution in [0.2, 0.25) is 0 Å². The molecule has 1 aromatic carbocycles. The first-order valence-corrected chi connectivity index (χ1v) is 8.68. The van der Waals surface area contributed by atoms with Gasteiger partial charge >= 0.3 is 0 Å². The fourth-order valence-corrected chi connectivity index (χ4v) is 3.17. The molecule has 1 aliphatic rings. The Balaban J connectivity index is 2.02. The van der Waals surface area contributed by atoms with Gasteiger partial charge in [-0.2, -0.15) is 0 Å². The monoisotopic (exact) mass is 331 g/mol. The van der Waals surface area contributed by atoms with Gasteiger partial charge in [0.05, 0.1) is 18.0 Å². The van der Waals surface area contributed by atoms with E-state index >= 15 is 0 Å². The van der Waals surface area contributed by atoms with Gasteiger partial charge in [-0.1, -0.05) is 44.2 Å². The Morgan fingerprint density at radius 1 is 1.33 bits per heavy atom. The Hall–Kier alpha value is -1.88. The molecule has 1 fully saturated rings. The van der Waals surface area contributed by atoms with Gasteiger partial charge in [0.2, 0.25) is 11.8 Å². The van der Waals surface area contributed by atoms with Gasteiger partial charge in [-0.25, -0.2) is 0 Å². The summed E-state index contributed by atoms with van der Waals surface area (Å²) < 4.78 is 0. The average Bonchev–Trinajstić information content (AvgIpc) is 2.50. The van der Waals surface area contributed by atoms with Crippen LogP contribution in [0.5, 0.6) is 0 Å². The standard InChI is InChI=1S/C19H29N3O2/c1-14(2)13-22-11-10-20-18(24)16(22)12-17(23)21-19(3,4)15-8-6-5-7-9-15/h5-9,14,16H,10-13H2,1-4H3,(H,20,24)(H,21,23)/t16-/m0/s1. The molecule has 1 heterocycles. The van der Waals surface area contributed by atoms with Crippen LogP contribution in [-0.2, 0) is 15.1 Å². The highest BCUT2D eigenvalue weighted by molar-refractivity contribution is 5.89. The Labute approximate surface area is 144 Å². The van der Waals surface area contributed by atoms with E-state index in [2.05, 4.69) is 29.4 Å². The summed E-state index contributed by atoms with van der Waals surface area (Å²) in [6.45, 7) is 10.5. The molecule has 0 spiro atoms. The molecule has 2 rings (SSSR count). The summed E-state index contributed by atoms with van der Waals surface area (Å²) in [6, 6.07) is 9.49. The van der Waals surface area contributed by atoms with E-state index in [4.69, 9.17) is 0 Å². The van der Waals surface area contributed by atoms with E-state index < -0.39 is 5.54 Å². The van der Waals surface area contributed by atoms with Crippen LogP contribution in [-0.4, -0.2) is 42.4 Å². The molecule has 24 heavy (non-hydrogen) atoms. The minimum atomic E-state index is -0.466. The van der Waals surface area contributed by atoms with Gasteiger partial charge in [-0.3, -0.25) is 14.5 Å². The Kier molecular flexibility index (Phi) is 5.99. The Morgan fingerprint density at radius 2 is 2.00 bits per heavy atom. The molecule has 0 bridgehead atoms. The summed E-state index contributed by atoms with van der Waals surface area (Å²) in [4.78, 5) is 26.9. The lowest BCUT2D eigenvalue weighted by molar-refractivity contribution is -0.134. The van der Waals surface area contributed by atoms with E-state index in [1.807, 2.05) is 44.2 Å². The van der Waals surface area contributed by atoms with Crippen molar-refractivity contribution < 1.29 is 9.59 Å². The predicted octanol–water partition coefficient (Wildman–Crippen LogP) is 1.88. The molecular weight excluding hydrogens is 302 g/mol. The summed E-state index contributed by atoms with van der Waals surface area (Å²) in [5.41, 5.74) is 0.581. The number of rotatable bonds is 6. The van der Waals surface area contributed by atoms with Crippen LogP contribution in [0.15, 0.2) is 30.3 Å². The van der Waals surface area contributed by atoms with E-state index in [0.29, 0.717) is 12.5 Å². The average molecular weight is 331 g/mol. The van der Waals surface area contributed by atoms with Crippen LogP contribution in [0.1, 0.15) is 39.7 Å². The SMILES string of the molecule is CC(C)CN1CCNC(=O)[C@@H]1CC(=O)NC(C)(C)c1ccccc1. The summed E-state index contributed by atoms with van der Waals surface area (Å²) in [7, 11) is 0. The molecule has 132 valence electrons. The largest absolute Gasteiger partial charge is 0.353 e. The van der Waals surface area contributed by atoms with Crippen LogP contribution in [0.4, 0.5) is 0 Å². The van der Waals surface area contributed by atoms with Crippen molar-refractivity contribution in [3.63, 3.8) is 0 Å². The van der Waals surface area contributed by atoms with Gasteiger partial charge in [0.1, 0.15) is 0 Å². The van der Waals surface area contributed by atoms with Crippen LogP contribution in [0, 0.1) is 5.92 Å². The third-order valence-electron chi connectivity index (χ3n) is 4.37. The highest BCUT2D eigenvalue weighted by atomic mass is 16.2. The number of nitrogens with one attached hydrogen (secondary N) is 2. The quantitative estimate of drug-likeness (QED) is 0.837. The number of hydrogen-bond donors (Lipinski definition) is 2. The second kappa shape index (κ2) is 7.79. The van der Waals surface area contributed by atoms with Gasteiger partial charge in [0.15, 0.2) is 0 Å². The number of nitrogens with zero attached hydrogens (tertiary/aromatic N) is 1. The number of amides is 2. The third kappa shape index (κ3) is 4.81. The lowest BCUT2D eigenvalue weighted by atomic mass is 9.94. The molecule has 5 nitrogen and oxygen atoms in total. The second-order valence-electron chi connectivity index (χ2n) is 7.44. The molecule has 2 amide bonds. The molecule has 1 aromatic rings. The molecule has 0 aromatic heterocycles. The van der Waals surface area contributed by atoms with Gasteiger partial charge < -0.3 is 10.6 Å². The predicted molar refractivity (Wildman–Crippen MR) is 95.4 cm³/mol. The maximum atomic E-state index is 12.6. The van der Waals surface area contributed by atoms with Gasteiger partial charge in [0.25, 0.3) is 0 Å². The van der Waals surface area contributed by atoms with Crippen LogP contribution < -0.4 is 10.6 Å². The zero-order valence-corrected chi connectivity index (χ0v) is 15.1. The highest BCUT2D eigenvalue weighted by Crippen LogP contribution is 2.20. The number of hydrogen-bond acceptors (Lipinski definition) is 3. The molecule has 0 aliphatic carbocycles. The zero-order valence-electron chi connectivity index (χ0n) is 15.1. The van der Waals surface area contributed by atoms with Crippen molar-refractivity contribution in [3.05, 3.63) is 35.9 Å². The summed E-state index contributed by atoms with van der Waals surface area (Å²) >= 11 is 0. The van der Waals surface area contributed by atoms with Crippen LogP contribution >= 0.6 is 0 Å². The van der Waals surface area contributed by atoms with Gasteiger partial charge in [0, 0.05) is 19.6 Å². The maximum Gasteiger partial charge on any atom is 0.237 e. The molecular formula is C19H29N3O2. The fraction of sp³-hybridized carbons (Fsp3) is 0.579. The maximum absolute atomic E-state index is 12.6. The minimum absolute atomic E-state index is 0.0467. The molecule has 5 heteroatoms. The van der Waals surface area contributed by atoms with Gasteiger partial charge in [-0.05, 0) is 25.3 Å². The number of carbonyl (C=O) groups is 2. The van der Waals surface area contributed by atoms with Crippen molar-refractivity contribution in [1.82, 2.24) is 15.5 Å². The first kappa shape index (κ1) is 18.5. The summed E-state index contributed by atoms with van der Waals surface area (Å²) in [6.07, 6.45) is 0.189. The lowest BCUT2D eigenvalue weighted by Gasteiger charge is -2.36. The first-order valence-electron chi connectivity index (χ1n) is 8.68. The van der Waals surface area contributed by atoms with Crippen molar-refractivity contribution in [3.8, 4) is 0 Å². The normalized spacial score (nSPS) is 19.2. The Bertz CT molecular complexity index is 569. The number of carbonyl (C=O) groups excluding carboxylic acids is 2. The number of piperazine rings is 1. The van der Waals surface area contributed by atoms with E-state index in [1.165, 1.54) is 0 Å². The molecule has 1 atom stereocenters. The van der Waals surface area contributed by atoms with Crippen molar-refractivity contribution in [2.45, 2.75) is 45.7 Å². The zero-order chi connectivity index (χ0) is 17.7. The second-order valence-corrected chi connectivity index (χ2v) is 7.44. The molecule has 2 N–H and O–H groups in total. The summed E-state index contributed by atoms with van der Waals surface area (Å²) in [5.74, 6) is 0.316. The molecule has 0 radical (unpaired) electrons. The van der Waals surface area contributed by atoms with Crippen molar-refractivity contribution in [2.24, 2.45) is 5.92 Å². The molecule has 1 aliphatic heterocycles. The first-order chi connectivity index (χ1) is 11.3. The van der Waals surface area contributed by atoms with Crippen molar-refractivity contribution in [1.29, 1.82) is 0 Å². The molecule has 0 unspecified atom stereocenters. The Morgan fingerprint density at radius 3 is 2.62 bits per heavy atom. The van der Waals surface area contributed by atoms with E-state index in [-0.39, 0.29) is 24.3 Å². The van der Waals surface area contributed by atoms with Crippen molar-refractivity contribution in [2.75, 3.05) is 19.6 Å². The van der Waals surface area contributed by atoms with E-state index in [9.17, 15) is 9.59 Å². The van der Waals surface area contributed by atoms with Gasteiger partial charge in [-0.15, -0.1) is 0 Å². The van der Waals surface area contributed by atoms with Crippen molar-refractivity contribution >= 4 is 11.8 Å². The minimum Gasteiger partial charge on any atom is -0.353 e. The van der Waals surface area contributed by atoms with Crippen LogP contribution in [0.3, 0.4) is 0 Å². The molecule has 0 saturated carbocycles. The number of benzene rings is 1. The smallest absolute Gasteiger partial charge is 0.237 e. The lowest BCUT2D eigenvalue weighted by Crippen LogP contribution is -2.57. The molecule has 1 saturated heterocycles. The summed E-state index contributed by atoms with van der Waals surface area (Å²) in [5, 5.41) is 5.94. The third-order valence-corrected chi connectivity index (χ3v) is 4.37. The topological polar surface area (TPSA) is 61.4 Å². The fourth-order valence-electron chi connectivity index (χ4n) is 3.17. The van der Waals surface area contributed by atoms with E-state index in [1.54, 1.807) is 0 Å². The van der Waals surface area contributed by atoms with E-state index in [0.717, 1.165) is 18.7 Å². The highest BCUT2D eigenvalue weighted by Gasteiger charge is 2.33.